The van der Waals surface area contributed by atoms with Crippen molar-refractivity contribution in [3.63, 3.8) is 0 Å². The molecule has 1 rings (SSSR count). The number of aromatic nitrogens is 1. The first-order valence-electron chi connectivity index (χ1n) is 4.31. The van der Waals surface area contributed by atoms with Crippen molar-refractivity contribution in [1.82, 2.24) is 4.98 Å². The first-order valence-corrected chi connectivity index (χ1v) is 5.10. The van der Waals surface area contributed by atoms with Gasteiger partial charge >= 0.3 is 5.97 Å². The Bertz CT molecular complexity index is 424. The molecule has 0 aromatic carbocycles. The summed E-state index contributed by atoms with van der Waals surface area (Å²) in [7, 11) is 0. The number of rotatable bonds is 2. The molecule has 0 spiro atoms. The van der Waals surface area contributed by atoms with E-state index in [9.17, 15) is 4.79 Å². The van der Waals surface area contributed by atoms with E-state index >= 15 is 0 Å². The number of halogens is 1. The van der Waals surface area contributed by atoms with Crippen molar-refractivity contribution < 1.29 is 9.53 Å². The number of carbonyl (C=O) groups is 1. The standard InChI is InChI=1S/C10H9BrN2O2/c1-6(2)15-10(14)9-7(4-12)3-8(11)5-13-9/h3,5-6H,1-2H3. The van der Waals surface area contributed by atoms with Crippen molar-refractivity contribution >= 4 is 21.9 Å². The van der Waals surface area contributed by atoms with Crippen molar-refractivity contribution in [2.24, 2.45) is 0 Å². The highest BCUT2D eigenvalue weighted by Gasteiger charge is 2.16. The van der Waals surface area contributed by atoms with E-state index in [-0.39, 0.29) is 17.4 Å². The first-order chi connectivity index (χ1) is 7.04. The number of ether oxygens (including phenoxy) is 1. The van der Waals surface area contributed by atoms with Gasteiger partial charge in [0.1, 0.15) is 6.07 Å². The predicted octanol–water partition coefficient (Wildman–Crippen LogP) is 2.28. The second-order valence-electron chi connectivity index (χ2n) is 3.12. The van der Waals surface area contributed by atoms with Crippen LogP contribution in [0.25, 0.3) is 0 Å². The maximum atomic E-state index is 11.5. The van der Waals surface area contributed by atoms with Crippen LogP contribution in [0.4, 0.5) is 0 Å². The summed E-state index contributed by atoms with van der Waals surface area (Å²) in [6.45, 7) is 3.48. The van der Waals surface area contributed by atoms with Gasteiger partial charge in [0.25, 0.3) is 0 Å². The Balaban J connectivity index is 3.04. The van der Waals surface area contributed by atoms with Gasteiger partial charge in [0, 0.05) is 10.7 Å². The van der Waals surface area contributed by atoms with Crippen LogP contribution in [0, 0.1) is 11.3 Å². The lowest BCUT2D eigenvalue weighted by Crippen LogP contribution is -2.14. The van der Waals surface area contributed by atoms with Crippen LogP contribution < -0.4 is 0 Å². The van der Waals surface area contributed by atoms with Crippen LogP contribution >= 0.6 is 15.9 Å². The first kappa shape index (κ1) is 11.7. The van der Waals surface area contributed by atoms with Crippen LogP contribution in [-0.4, -0.2) is 17.1 Å². The van der Waals surface area contributed by atoms with Crippen LogP contribution in [-0.2, 0) is 4.74 Å². The molecule has 0 saturated carbocycles. The molecule has 78 valence electrons. The fraction of sp³-hybridized carbons (Fsp3) is 0.300. The average molecular weight is 269 g/mol. The zero-order chi connectivity index (χ0) is 11.4. The second kappa shape index (κ2) is 4.89. The van der Waals surface area contributed by atoms with E-state index < -0.39 is 5.97 Å². The Morgan fingerprint density at radius 2 is 2.33 bits per heavy atom. The topological polar surface area (TPSA) is 63.0 Å². The molecule has 4 nitrogen and oxygen atoms in total. The summed E-state index contributed by atoms with van der Waals surface area (Å²) in [5, 5.41) is 8.81. The van der Waals surface area contributed by atoms with E-state index in [0.29, 0.717) is 4.47 Å². The van der Waals surface area contributed by atoms with E-state index in [1.165, 1.54) is 12.3 Å². The number of hydrogen-bond donors (Lipinski definition) is 0. The molecule has 0 unspecified atom stereocenters. The summed E-state index contributed by atoms with van der Waals surface area (Å²) < 4.78 is 5.60. The number of pyridine rings is 1. The maximum absolute atomic E-state index is 11.5. The fourth-order valence-electron chi connectivity index (χ4n) is 0.957. The molecule has 0 N–H and O–H groups in total. The van der Waals surface area contributed by atoms with E-state index in [1.807, 2.05) is 6.07 Å². The number of carbonyl (C=O) groups excluding carboxylic acids is 1. The van der Waals surface area contributed by atoms with E-state index in [0.717, 1.165) is 0 Å². The summed E-state index contributed by atoms with van der Waals surface area (Å²) in [5.74, 6) is -0.575. The lowest BCUT2D eigenvalue weighted by molar-refractivity contribution is 0.0370. The Hall–Kier alpha value is -1.41. The third kappa shape index (κ3) is 3.03. The highest BCUT2D eigenvalue weighted by molar-refractivity contribution is 9.10. The summed E-state index contributed by atoms with van der Waals surface area (Å²) >= 11 is 3.17. The number of esters is 1. The van der Waals surface area contributed by atoms with Crippen LogP contribution in [0.5, 0.6) is 0 Å². The minimum absolute atomic E-state index is 0.0504. The van der Waals surface area contributed by atoms with Crippen LogP contribution in [0.1, 0.15) is 29.9 Å². The van der Waals surface area contributed by atoms with Crippen molar-refractivity contribution in [3.8, 4) is 6.07 Å². The summed E-state index contributed by atoms with van der Waals surface area (Å²) in [4.78, 5) is 15.4. The third-order valence-electron chi connectivity index (χ3n) is 1.51. The van der Waals surface area contributed by atoms with Gasteiger partial charge in [0.2, 0.25) is 0 Å². The van der Waals surface area contributed by atoms with Gasteiger partial charge < -0.3 is 4.74 Å². The van der Waals surface area contributed by atoms with Crippen LogP contribution in [0.2, 0.25) is 0 Å². The Labute approximate surface area is 96.0 Å². The van der Waals surface area contributed by atoms with Crippen molar-refractivity contribution in [2.45, 2.75) is 20.0 Å². The molecule has 5 heteroatoms. The molecule has 0 amide bonds. The molecule has 0 fully saturated rings. The number of nitrogens with zero attached hydrogens (tertiary/aromatic N) is 2. The Morgan fingerprint density at radius 1 is 1.67 bits per heavy atom. The largest absolute Gasteiger partial charge is 0.458 e. The minimum Gasteiger partial charge on any atom is -0.458 e. The van der Waals surface area contributed by atoms with Gasteiger partial charge in [0.05, 0.1) is 11.7 Å². The van der Waals surface area contributed by atoms with Gasteiger partial charge in [-0.3, -0.25) is 0 Å². The molecule has 0 aliphatic heterocycles. The highest BCUT2D eigenvalue weighted by Crippen LogP contribution is 2.14. The quantitative estimate of drug-likeness (QED) is 0.772. The smallest absolute Gasteiger partial charge is 0.358 e. The van der Waals surface area contributed by atoms with E-state index in [4.69, 9.17) is 10.00 Å². The zero-order valence-corrected chi connectivity index (χ0v) is 9.91. The van der Waals surface area contributed by atoms with Gasteiger partial charge in [-0.25, -0.2) is 9.78 Å². The van der Waals surface area contributed by atoms with E-state index in [1.54, 1.807) is 13.8 Å². The van der Waals surface area contributed by atoms with E-state index in [2.05, 4.69) is 20.9 Å². The molecule has 0 bridgehead atoms. The lowest BCUT2D eigenvalue weighted by atomic mass is 10.2. The summed E-state index contributed by atoms with van der Waals surface area (Å²) in [6, 6.07) is 3.43. The molecule has 0 radical (unpaired) electrons. The summed E-state index contributed by atoms with van der Waals surface area (Å²) in [6.07, 6.45) is 1.23. The van der Waals surface area contributed by atoms with Crippen molar-refractivity contribution in [2.75, 3.05) is 0 Å². The Kier molecular flexibility index (Phi) is 3.81. The lowest BCUT2D eigenvalue weighted by Gasteiger charge is -2.07. The molecule has 0 atom stereocenters. The van der Waals surface area contributed by atoms with Gasteiger partial charge in [-0.05, 0) is 35.8 Å². The summed E-state index contributed by atoms with van der Waals surface area (Å²) in [5.41, 5.74) is 0.254. The van der Waals surface area contributed by atoms with Gasteiger partial charge in [-0.2, -0.15) is 5.26 Å². The van der Waals surface area contributed by atoms with Crippen molar-refractivity contribution in [1.29, 1.82) is 5.26 Å². The van der Waals surface area contributed by atoms with Crippen LogP contribution in [0.15, 0.2) is 16.7 Å². The van der Waals surface area contributed by atoms with Gasteiger partial charge in [-0.15, -0.1) is 0 Å². The van der Waals surface area contributed by atoms with Crippen molar-refractivity contribution in [3.05, 3.63) is 28.0 Å². The monoisotopic (exact) mass is 268 g/mol. The minimum atomic E-state index is -0.575. The van der Waals surface area contributed by atoms with Gasteiger partial charge in [0.15, 0.2) is 5.69 Å². The molecule has 1 aromatic heterocycles. The maximum Gasteiger partial charge on any atom is 0.358 e. The SMILES string of the molecule is CC(C)OC(=O)c1ncc(Br)cc1C#N. The fourth-order valence-corrected chi connectivity index (χ4v) is 1.29. The molecule has 0 aliphatic carbocycles. The predicted molar refractivity (Wildman–Crippen MR) is 57.2 cm³/mol. The molecule has 1 heterocycles. The molecular weight excluding hydrogens is 260 g/mol. The molecule has 0 aliphatic rings. The molecule has 15 heavy (non-hydrogen) atoms. The second-order valence-corrected chi connectivity index (χ2v) is 4.03. The normalized spacial score (nSPS) is 9.80. The Morgan fingerprint density at radius 3 is 2.87 bits per heavy atom. The number of hydrogen-bond acceptors (Lipinski definition) is 4. The third-order valence-corrected chi connectivity index (χ3v) is 1.94. The molecule has 0 saturated heterocycles. The average Bonchev–Trinajstić information content (AvgIpc) is 2.16. The van der Waals surface area contributed by atoms with Crippen LogP contribution in [0.3, 0.4) is 0 Å². The highest BCUT2D eigenvalue weighted by atomic mass is 79.9. The molecular formula is C10H9BrN2O2. The van der Waals surface area contributed by atoms with Gasteiger partial charge in [-0.1, -0.05) is 0 Å². The zero-order valence-electron chi connectivity index (χ0n) is 8.32. The number of nitriles is 1. The molecule has 1 aromatic rings.